The quantitative estimate of drug-likeness (QED) is 0.757. The lowest BCUT2D eigenvalue weighted by molar-refractivity contribution is 0.0886. The van der Waals surface area contributed by atoms with E-state index in [1.165, 1.54) is 12.4 Å². The molecule has 0 fully saturated rings. The molecule has 0 radical (unpaired) electrons. The lowest BCUT2D eigenvalue weighted by Gasteiger charge is -2.16. The summed E-state index contributed by atoms with van der Waals surface area (Å²) in [6, 6.07) is -0.00291. The van der Waals surface area contributed by atoms with Gasteiger partial charge in [0.1, 0.15) is 11.5 Å². The summed E-state index contributed by atoms with van der Waals surface area (Å²) < 4.78 is 5.04. The summed E-state index contributed by atoms with van der Waals surface area (Å²) in [5.41, 5.74) is 5.66. The molecular weight excluding hydrogens is 220 g/mol. The number of nitrogens with one attached hydrogen (secondary N) is 1. The van der Waals surface area contributed by atoms with Gasteiger partial charge in [-0.3, -0.25) is 4.79 Å². The first-order valence-electron chi connectivity index (χ1n) is 5.54. The molecule has 0 saturated heterocycles. The Hall–Kier alpha value is -1.69. The van der Waals surface area contributed by atoms with E-state index in [-0.39, 0.29) is 17.6 Å². The molecule has 1 unspecified atom stereocenters. The van der Waals surface area contributed by atoms with E-state index >= 15 is 0 Å². The fraction of sp³-hybridized carbons (Fsp3) is 0.545. The number of hydrogen-bond acceptors (Lipinski definition) is 5. The molecule has 1 amide bonds. The molecule has 17 heavy (non-hydrogen) atoms. The molecule has 0 spiro atoms. The van der Waals surface area contributed by atoms with Gasteiger partial charge in [-0.15, -0.1) is 0 Å². The van der Waals surface area contributed by atoms with Crippen LogP contribution in [0.4, 0.5) is 5.82 Å². The second-order valence-electron chi connectivity index (χ2n) is 3.74. The van der Waals surface area contributed by atoms with Gasteiger partial charge in [0.25, 0.3) is 5.91 Å². The van der Waals surface area contributed by atoms with Gasteiger partial charge < -0.3 is 15.8 Å². The number of methoxy groups -OCH3 is 1. The second kappa shape index (κ2) is 6.80. The molecule has 6 nitrogen and oxygen atoms in total. The number of anilines is 1. The van der Waals surface area contributed by atoms with Crippen LogP contribution in [0.5, 0.6) is 0 Å². The van der Waals surface area contributed by atoms with E-state index in [1.807, 2.05) is 0 Å². The Morgan fingerprint density at radius 2 is 2.29 bits per heavy atom. The maximum Gasteiger partial charge on any atom is 0.271 e. The van der Waals surface area contributed by atoms with E-state index in [4.69, 9.17) is 10.5 Å². The van der Waals surface area contributed by atoms with Crippen molar-refractivity contribution in [3.8, 4) is 0 Å². The Bertz CT molecular complexity index is 347. The molecule has 1 aromatic heterocycles. The lowest BCUT2D eigenvalue weighted by Crippen LogP contribution is -2.38. The molecule has 1 aromatic rings. The minimum atomic E-state index is -0.256. The standard InChI is InChI=1S/C11H18N4O2/c1-3-4-8(7-17-2)15-11(16)9-5-14-10(12)6-13-9/h5-6,8H,3-4,7H2,1-2H3,(H2,12,14)(H,15,16). The first-order chi connectivity index (χ1) is 8.17. The van der Waals surface area contributed by atoms with Crippen LogP contribution in [0.25, 0.3) is 0 Å². The van der Waals surface area contributed by atoms with Gasteiger partial charge in [0, 0.05) is 7.11 Å². The van der Waals surface area contributed by atoms with Crippen molar-refractivity contribution in [3.05, 3.63) is 18.1 Å². The van der Waals surface area contributed by atoms with E-state index in [0.717, 1.165) is 12.8 Å². The van der Waals surface area contributed by atoms with Crippen molar-refractivity contribution >= 4 is 11.7 Å². The molecule has 3 N–H and O–H groups in total. The molecule has 6 heteroatoms. The van der Waals surface area contributed by atoms with Crippen molar-refractivity contribution < 1.29 is 9.53 Å². The smallest absolute Gasteiger partial charge is 0.271 e. The molecule has 0 aliphatic heterocycles. The molecule has 0 aromatic carbocycles. The molecule has 0 aliphatic rings. The van der Waals surface area contributed by atoms with Crippen molar-refractivity contribution in [2.75, 3.05) is 19.5 Å². The van der Waals surface area contributed by atoms with Crippen LogP contribution in [-0.4, -0.2) is 35.6 Å². The lowest BCUT2D eigenvalue weighted by atomic mass is 10.2. The summed E-state index contributed by atoms with van der Waals surface area (Å²) in [6.45, 7) is 2.54. The van der Waals surface area contributed by atoms with E-state index < -0.39 is 0 Å². The summed E-state index contributed by atoms with van der Waals surface area (Å²) >= 11 is 0. The second-order valence-corrected chi connectivity index (χ2v) is 3.74. The van der Waals surface area contributed by atoms with Gasteiger partial charge in [0.05, 0.1) is 25.0 Å². The summed E-state index contributed by atoms with van der Waals surface area (Å²) in [5.74, 6) is 0.0385. The van der Waals surface area contributed by atoms with Gasteiger partial charge in [-0.2, -0.15) is 0 Å². The van der Waals surface area contributed by atoms with Crippen LogP contribution in [0, 0.1) is 0 Å². The minimum absolute atomic E-state index is 0.00291. The van der Waals surface area contributed by atoms with Crippen molar-refractivity contribution in [2.45, 2.75) is 25.8 Å². The van der Waals surface area contributed by atoms with Crippen molar-refractivity contribution in [3.63, 3.8) is 0 Å². The first-order valence-corrected chi connectivity index (χ1v) is 5.54. The Kier molecular flexibility index (Phi) is 5.35. The van der Waals surface area contributed by atoms with Gasteiger partial charge in [0.15, 0.2) is 0 Å². The van der Waals surface area contributed by atoms with Crippen molar-refractivity contribution in [1.82, 2.24) is 15.3 Å². The molecule has 0 saturated carbocycles. The van der Waals surface area contributed by atoms with Crippen LogP contribution in [-0.2, 0) is 4.74 Å². The highest BCUT2D eigenvalue weighted by Crippen LogP contribution is 2.01. The number of nitrogens with two attached hydrogens (primary N) is 1. The first kappa shape index (κ1) is 13.4. The SMILES string of the molecule is CCCC(COC)NC(=O)c1cnc(N)cn1. The predicted octanol–water partition coefficient (Wildman–Crippen LogP) is 0.604. The van der Waals surface area contributed by atoms with E-state index in [9.17, 15) is 4.79 Å². The summed E-state index contributed by atoms with van der Waals surface area (Å²) in [6.07, 6.45) is 4.56. The topological polar surface area (TPSA) is 90.1 Å². The van der Waals surface area contributed by atoms with E-state index in [1.54, 1.807) is 7.11 Å². The maximum atomic E-state index is 11.8. The fourth-order valence-corrected chi connectivity index (χ4v) is 1.46. The molecule has 94 valence electrons. The third-order valence-corrected chi connectivity index (χ3v) is 2.24. The number of amides is 1. The number of nitrogens with zero attached hydrogens (tertiary/aromatic N) is 2. The summed E-state index contributed by atoms with van der Waals surface area (Å²) in [4.78, 5) is 19.5. The largest absolute Gasteiger partial charge is 0.383 e. The maximum absolute atomic E-state index is 11.8. The van der Waals surface area contributed by atoms with Gasteiger partial charge in [-0.05, 0) is 6.42 Å². The van der Waals surface area contributed by atoms with Gasteiger partial charge in [-0.1, -0.05) is 13.3 Å². The number of ether oxygens (including phenoxy) is 1. The van der Waals surface area contributed by atoms with Crippen LogP contribution >= 0.6 is 0 Å². The third kappa shape index (κ3) is 4.36. The highest BCUT2D eigenvalue weighted by Gasteiger charge is 2.14. The average molecular weight is 238 g/mol. The number of carbonyl (C=O) groups is 1. The molecular formula is C11H18N4O2. The normalized spacial score (nSPS) is 12.1. The summed E-state index contributed by atoms with van der Waals surface area (Å²) in [5, 5.41) is 2.85. The monoisotopic (exact) mass is 238 g/mol. The third-order valence-electron chi connectivity index (χ3n) is 2.24. The van der Waals surface area contributed by atoms with Gasteiger partial charge >= 0.3 is 0 Å². The van der Waals surface area contributed by atoms with Gasteiger partial charge in [-0.25, -0.2) is 9.97 Å². The molecule has 1 rings (SSSR count). The zero-order valence-electron chi connectivity index (χ0n) is 10.1. The average Bonchev–Trinajstić information content (AvgIpc) is 2.30. The number of rotatable bonds is 6. The van der Waals surface area contributed by atoms with Gasteiger partial charge in [0.2, 0.25) is 0 Å². The van der Waals surface area contributed by atoms with Crippen LogP contribution in [0.3, 0.4) is 0 Å². The highest BCUT2D eigenvalue weighted by molar-refractivity contribution is 5.92. The number of carbonyl (C=O) groups excluding carboxylic acids is 1. The highest BCUT2D eigenvalue weighted by atomic mass is 16.5. The Morgan fingerprint density at radius 3 is 2.82 bits per heavy atom. The number of hydrogen-bond donors (Lipinski definition) is 2. The predicted molar refractivity (Wildman–Crippen MR) is 64.5 cm³/mol. The molecule has 1 atom stereocenters. The molecule has 0 bridgehead atoms. The van der Waals surface area contributed by atoms with Crippen LogP contribution in [0.15, 0.2) is 12.4 Å². The van der Waals surface area contributed by atoms with Crippen LogP contribution < -0.4 is 11.1 Å². The van der Waals surface area contributed by atoms with Crippen LogP contribution in [0.1, 0.15) is 30.3 Å². The van der Waals surface area contributed by atoms with E-state index in [2.05, 4.69) is 22.2 Å². The summed E-state index contributed by atoms with van der Waals surface area (Å²) in [7, 11) is 1.61. The number of nitrogen functional groups attached to an aromatic ring is 1. The zero-order valence-corrected chi connectivity index (χ0v) is 10.1. The van der Waals surface area contributed by atoms with Crippen molar-refractivity contribution in [2.24, 2.45) is 0 Å². The van der Waals surface area contributed by atoms with Crippen molar-refractivity contribution in [1.29, 1.82) is 0 Å². The molecule has 0 aliphatic carbocycles. The number of aromatic nitrogens is 2. The minimum Gasteiger partial charge on any atom is -0.383 e. The van der Waals surface area contributed by atoms with E-state index in [0.29, 0.717) is 12.4 Å². The zero-order chi connectivity index (χ0) is 12.7. The molecule has 1 heterocycles. The Morgan fingerprint density at radius 1 is 1.53 bits per heavy atom. The Balaban J connectivity index is 2.60. The fourth-order valence-electron chi connectivity index (χ4n) is 1.46. The van der Waals surface area contributed by atoms with Crippen LogP contribution in [0.2, 0.25) is 0 Å². The Labute approximate surface area is 101 Å².